The number of hydrogen-bond acceptors (Lipinski definition) is 4. The summed E-state index contributed by atoms with van der Waals surface area (Å²) in [4.78, 5) is 13.7. The second kappa shape index (κ2) is 7.93. The Balaban J connectivity index is 2.30. The van der Waals surface area contributed by atoms with E-state index in [2.05, 4.69) is 5.32 Å². The molecule has 2 aromatic carbocycles. The predicted octanol–water partition coefficient (Wildman–Crippen LogP) is 3.51. The molecule has 0 aliphatic carbocycles. The van der Waals surface area contributed by atoms with E-state index in [1.54, 1.807) is 43.0 Å². The van der Waals surface area contributed by atoms with Gasteiger partial charge in [0, 0.05) is 10.6 Å². The number of carbonyl (C=O) groups excluding carboxylic acids is 1. The third-order valence-electron chi connectivity index (χ3n) is 3.68. The molecule has 0 unspecified atom stereocenters. The summed E-state index contributed by atoms with van der Waals surface area (Å²) in [5.74, 6) is -0.384. The van der Waals surface area contributed by atoms with E-state index in [9.17, 15) is 13.2 Å². The van der Waals surface area contributed by atoms with Gasteiger partial charge in [0.15, 0.2) is 0 Å². The Labute approximate surface area is 153 Å². The molecule has 0 spiro atoms. The molecule has 0 aliphatic rings. The van der Waals surface area contributed by atoms with Gasteiger partial charge in [0.05, 0.1) is 11.9 Å². The summed E-state index contributed by atoms with van der Waals surface area (Å²) in [6.45, 7) is 3.46. The molecule has 0 fully saturated rings. The lowest BCUT2D eigenvalue weighted by atomic mass is 10.2. The topological polar surface area (TPSA) is 66.5 Å². The van der Waals surface area contributed by atoms with Crippen LogP contribution in [0.15, 0.2) is 53.4 Å². The molecular weight excluding hydrogens is 356 g/mol. The average Bonchev–Trinajstić information content (AvgIpc) is 2.53. The standard InChI is InChI=1S/C18H22N2O3S2/c1-13-7-5-9-16(11-13)20(25(4,22)23)14(2)18(21)19-15-8-6-10-17(12-15)24-3/h5-12,14H,1-4H3,(H,19,21)/t14-/m1/s1. The van der Waals surface area contributed by atoms with Crippen LogP contribution in [0.4, 0.5) is 11.4 Å². The fourth-order valence-electron chi connectivity index (χ4n) is 2.52. The second-order valence-corrected chi connectivity index (χ2v) is 8.53. The van der Waals surface area contributed by atoms with Crippen molar-refractivity contribution >= 4 is 39.1 Å². The van der Waals surface area contributed by atoms with E-state index in [0.29, 0.717) is 11.4 Å². The lowest BCUT2D eigenvalue weighted by molar-refractivity contribution is -0.116. The Morgan fingerprint density at radius 1 is 1.16 bits per heavy atom. The number of benzene rings is 2. The van der Waals surface area contributed by atoms with Gasteiger partial charge in [0.2, 0.25) is 15.9 Å². The SMILES string of the molecule is CSc1cccc(NC(=O)[C@@H](C)N(c2cccc(C)c2)S(C)(=O)=O)c1. The lowest BCUT2D eigenvalue weighted by Gasteiger charge is -2.28. The molecule has 0 saturated carbocycles. The van der Waals surface area contributed by atoms with Gasteiger partial charge in [-0.2, -0.15) is 0 Å². The summed E-state index contributed by atoms with van der Waals surface area (Å²) >= 11 is 1.57. The number of nitrogens with zero attached hydrogens (tertiary/aromatic N) is 1. The number of sulfonamides is 1. The van der Waals surface area contributed by atoms with Crippen LogP contribution in [0.25, 0.3) is 0 Å². The molecule has 0 aromatic heterocycles. The van der Waals surface area contributed by atoms with Gasteiger partial charge >= 0.3 is 0 Å². The molecule has 7 heteroatoms. The van der Waals surface area contributed by atoms with Crippen LogP contribution >= 0.6 is 11.8 Å². The Morgan fingerprint density at radius 3 is 2.44 bits per heavy atom. The molecule has 1 amide bonds. The highest BCUT2D eigenvalue weighted by Gasteiger charge is 2.29. The first kappa shape index (κ1) is 19.3. The maximum Gasteiger partial charge on any atom is 0.247 e. The molecule has 0 bridgehead atoms. The number of amides is 1. The quantitative estimate of drug-likeness (QED) is 0.781. The zero-order valence-electron chi connectivity index (χ0n) is 14.7. The van der Waals surface area contributed by atoms with Crippen molar-refractivity contribution in [2.24, 2.45) is 0 Å². The number of rotatable bonds is 6. The number of nitrogens with one attached hydrogen (secondary N) is 1. The van der Waals surface area contributed by atoms with Gasteiger partial charge < -0.3 is 5.32 Å². The van der Waals surface area contributed by atoms with Gasteiger partial charge in [-0.05, 0) is 56.0 Å². The largest absolute Gasteiger partial charge is 0.324 e. The zero-order valence-corrected chi connectivity index (χ0v) is 16.3. The zero-order chi connectivity index (χ0) is 18.6. The fourth-order valence-corrected chi connectivity index (χ4v) is 4.15. The monoisotopic (exact) mass is 378 g/mol. The van der Waals surface area contributed by atoms with E-state index < -0.39 is 16.1 Å². The molecule has 2 rings (SSSR count). The van der Waals surface area contributed by atoms with Gasteiger partial charge in [-0.1, -0.05) is 18.2 Å². The van der Waals surface area contributed by atoms with Gasteiger partial charge in [-0.3, -0.25) is 9.10 Å². The number of aryl methyl sites for hydroxylation is 1. The highest BCUT2D eigenvalue weighted by Crippen LogP contribution is 2.23. The minimum Gasteiger partial charge on any atom is -0.324 e. The van der Waals surface area contributed by atoms with Crippen LogP contribution in [0.5, 0.6) is 0 Å². The van der Waals surface area contributed by atoms with Crippen LogP contribution in [0.3, 0.4) is 0 Å². The highest BCUT2D eigenvalue weighted by atomic mass is 32.2. The van der Waals surface area contributed by atoms with Crippen LogP contribution in [0, 0.1) is 6.92 Å². The van der Waals surface area contributed by atoms with E-state index in [1.165, 1.54) is 0 Å². The summed E-state index contributed by atoms with van der Waals surface area (Å²) in [7, 11) is -3.62. The van der Waals surface area contributed by atoms with Crippen LogP contribution < -0.4 is 9.62 Å². The number of hydrogen-bond donors (Lipinski definition) is 1. The molecule has 0 radical (unpaired) electrons. The molecule has 1 N–H and O–H groups in total. The summed E-state index contributed by atoms with van der Waals surface area (Å²) in [5, 5.41) is 2.79. The van der Waals surface area contributed by atoms with Crippen molar-refractivity contribution in [1.29, 1.82) is 0 Å². The number of carbonyl (C=O) groups is 1. The Bertz CT molecular complexity index is 866. The maximum atomic E-state index is 12.6. The molecule has 0 heterocycles. The van der Waals surface area contributed by atoms with E-state index in [4.69, 9.17) is 0 Å². The number of anilines is 2. The molecule has 0 aliphatic heterocycles. The predicted molar refractivity (Wildman–Crippen MR) is 105 cm³/mol. The van der Waals surface area contributed by atoms with Gasteiger partial charge in [-0.25, -0.2) is 8.42 Å². The van der Waals surface area contributed by atoms with E-state index >= 15 is 0 Å². The molecule has 2 aromatic rings. The normalized spacial score (nSPS) is 12.5. The molecule has 0 saturated heterocycles. The van der Waals surface area contributed by atoms with Crippen molar-refractivity contribution in [1.82, 2.24) is 0 Å². The van der Waals surface area contributed by atoms with Crippen molar-refractivity contribution in [2.75, 3.05) is 22.1 Å². The van der Waals surface area contributed by atoms with Crippen LogP contribution in [-0.2, 0) is 14.8 Å². The fraction of sp³-hybridized carbons (Fsp3) is 0.278. The van der Waals surface area contributed by atoms with Gasteiger partial charge in [-0.15, -0.1) is 11.8 Å². The Hall–Kier alpha value is -1.99. The van der Waals surface area contributed by atoms with Crippen molar-refractivity contribution in [3.63, 3.8) is 0 Å². The minimum atomic E-state index is -3.62. The van der Waals surface area contributed by atoms with Crippen molar-refractivity contribution < 1.29 is 13.2 Å². The first-order chi connectivity index (χ1) is 11.7. The van der Waals surface area contributed by atoms with Gasteiger partial charge in [0.1, 0.15) is 6.04 Å². The summed E-state index contributed by atoms with van der Waals surface area (Å²) in [5.41, 5.74) is 2.04. The van der Waals surface area contributed by atoms with Crippen molar-refractivity contribution in [3.05, 3.63) is 54.1 Å². The average molecular weight is 379 g/mol. The molecule has 134 valence electrons. The third kappa shape index (κ3) is 4.99. The second-order valence-electron chi connectivity index (χ2n) is 5.79. The van der Waals surface area contributed by atoms with E-state index in [-0.39, 0.29) is 5.91 Å². The lowest BCUT2D eigenvalue weighted by Crippen LogP contribution is -2.45. The molecule has 1 atom stereocenters. The third-order valence-corrected chi connectivity index (χ3v) is 5.65. The van der Waals surface area contributed by atoms with E-state index in [1.807, 2.05) is 37.4 Å². The highest BCUT2D eigenvalue weighted by molar-refractivity contribution is 7.98. The van der Waals surface area contributed by atoms with Crippen molar-refractivity contribution in [3.8, 4) is 0 Å². The van der Waals surface area contributed by atoms with Crippen molar-refractivity contribution in [2.45, 2.75) is 24.8 Å². The van der Waals surface area contributed by atoms with Crippen LogP contribution in [0.1, 0.15) is 12.5 Å². The summed E-state index contributed by atoms with van der Waals surface area (Å²) in [6.07, 6.45) is 3.06. The van der Waals surface area contributed by atoms with Gasteiger partial charge in [0.25, 0.3) is 0 Å². The van der Waals surface area contributed by atoms with Crippen LogP contribution in [0.2, 0.25) is 0 Å². The first-order valence-corrected chi connectivity index (χ1v) is 10.8. The summed E-state index contributed by atoms with van der Waals surface area (Å²) < 4.78 is 25.7. The maximum absolute atomic E-state index is 12.6. The molecular formula is C18H22N2O3S2. The minimum absolute atomic E-state index is 0.384. The summed E-state index contributed by atoms with van der Waals surface area (Å²) in [6, 6.07) is 13.6. The number of thioether (sulfide) groups is 1. The Kier molecular flexibility index (Phi) is 6.13. The molecule has 25 heavy (non-hydrogen) atoms. The first-order valence-electron chi connectivity index (χ1n) is 7.73. The Morgan fingerprint density at radius 2 is 1.84 bits per heavy atom. The van der Waals surface area contributed by atoms with Crippen LogP contribution in [-0.4, -0.2) is 32.9 Å². The molecule has 5 nitrogen and oxygen atoms in total. The smallest absolute Gasteiger partial charge is 0.247 e. The van der Waals surface area contributed by atoms with E-state index in [0.717, 1.165) is 21.0 Å².